The topological polar surface area (TPSA) is 66.5 Å². The first-order chi connectivity index (χ1) is 14.2. The molecule has 0 bridgehead atoms. The number of carbonyl (C=O) groups excluding carboxylic acids is 1. The molecular weight excluding hydrogens is 490 g/mol. The number of nitrogens with zero attached hydrogens (tertiary/aromatic N) is 1. The molecule has 1 fully saturated rings. The average molecular weight is 510 g/mol. The van der Waals surface area contributed by atoms with Crippen LogP contribution in [0.4, 0.5) is 5.69 Å². The largest absolute Gasteiger partial charge is 0.324 e. The highest BCUT2D eigenvalue weighted by molar-refractivity contribution is 7.89. The molecule has 2 aromatic carbocycles. The molecule has 1 saturated carbocycles. The van der Waals surface area contributed by atoms with Gasteiger partial charge in [0, 0.05) is 11.1 Å². The minimum atomic E-state index is -3.90. The van der Waals surface area contributed by atoms with Gasteiger partial charge in [-0.15, -0.1) is 0 Å². The molecule has 1 N–H and O–H groups in total. The van der Waals surface area contributed by atoms with E-state index in [4.69, 9.17) is 46.4 Å². The Balaban J connectivity index is 1.86. The molecule has 0 saturated heterocycles. The van der Waals surface area contributed by atoms with E-state index in [1.807, 2.05) is 0 Å². The highest BCUT2D eigenvalue weighted by Crippen LogP contribution is 2.33. The molecule has 5 nitrogen and oxygen atoms in total. The summed E-state index contributed by atoms with van der Waals surface area (Å²) >= 11 is 24.0. The minimum Gasteiger partial charge on any atom is -0.324 e. The molecule has 1 aliphatic rings. The Labute approximate surface area is 196 Å². The van der Waals surface area contributed by atoms with Crippen molar-refractivity contribution in [1.29, 1.82) is 0 Å². The van der Waals surface area contributed by atoms with Crippen molar-refractivity contribution in [1.82, 2.24) is 4.31 Å². The molecule has 30 heavy (non-hydrogen) atoms. The Morgan fingerprint density at radius 2 is 1.53 bits per heavy atom. The molecular formula is C20H20Cl4N2O3S. The minimum absolute atomic E-state index is 0.0952. The number of nitrogens with one attached hydrogen (secondary N) is 1. The summed E-state index contributed by atoms with van der Waals surface area (Å²) in [6, 6.07) is 8.52. The van der Waals surface area contributed by atoms with E-state index < -0.39 is 15.9 Å². The van der Waals surface area contributed by atoms with Crippen molar-refractivity contribution in [2.24, 2.45) is 0 Å². The molecule has 2 aromatic rings. The smallest absolute Gasteiger partial charge is 0.243 e. The van der Waals surface area contributed by atoms with Gasteiger partial charge in [0.15, 0.2) is 0 Å². The summed E-state index contributed by atoms with van der Waals surface area (Å²) in [6.45, 7) is -0.341. The van der Waals surface area contributed by atoms with E-state index in [0.717, 1.165) is 19.3 Å². The maximum atomic E-state index is 13.3. The van der Waals surface area contributed by atoms with Crippen molar-refractivity contribution in [2.45, 2.75) is 43.0 Å². The number of hydrogen-bond acceptors (Lipinski definition) is 3. The van der Waals surface area contributed by atoms with Gasteiger partial charge in [-0.1, -0.05) is 65.7 Å². The monoisotopic (exact) mass is 508 g/mol. The first kappa shape index (κ1) is 23.6. The maximum Gasteiger partial charge on any atom is 0.243 e. The van der Waals surface area contributed by atoms with Gasteiger partial charge in [-0.05, 0) is 49.2 Å². The molecule has 0 aliphatic heterocycles. The molecule has 10 heteroatoms. The lowest BCUT2D eigenvalue weighted by Gasteiger charge is -2.33. The van der Waals surface area contributed by atoms with Crippen LogP contribution in [0.15, 0.2) is 41.3 Å². The van der Waals surface area contributed by atoms with Gasteiger partial charge in [0.25, 0.3) is 0 Å². The summed E-state index contributed by atoms with van der Waals surface area (Å²) in [7, 11) is -3.90. The fourth-order valence-corrected chi connectivity index (χ4v) is 5.83. The maximum absolute atomic E-state index is 13.3. The first-order valence-corrected chi connectivity index (χ1v) is 12.4. The van der Waals surface area contributed by atoms with Gasteiger partial charge in [0.05, 0.1) is 32.2 Å². The zero-order chi connectivity index (χ0) is 21.9. The first-order valence-electron chi connectivity index (χ1n) is 9.40. The lowest BCUT2D eigenvalue weighted by atomic mass is 9.95. The highest BCUT2D eigenvalue weighted by atomic mass is 35.5. The Morgan fingerprint density at radius 3 is 2.17 bits per heavy atom. The van der Waals surface area contributed by atoms with E-state index >= 15 is 0 Å². The quantitative estimate of drug-likeness (QED) is 0.467. The van der Waals surface area contributed by atoms with Crippen molar-refractivity contribution in [2.75, 3.05) is 11.9 Å². The average Bonchev–Trinajstić information content (AvgIpc) is 2.71. The second-order valence-corrected chi connectivity index (χ2v) is 10.6. The van der Waals surface area contributed by atoms with Crippen molar-refractivity contribution >= 4 is 68.0 Å². The van der Waals surface area contributed by atoms with Gasteiger partial charge >= 0.3 is 0 Å². The van der Waals surface area contributed by atoms with E-state index in [-0.39, 0.29) is 38.2 Å². The fourth-order valence-electron chi connectivity index (χ4n) is 3.47. The van der Waals surface area contributed by atoms with Gasteiger partial charge in [-0.25, -0.2) is 8.42 Å². The van der Waals surface area contributed by atoms with E-state index in [9.17, 15) is 13.2 Å². The van der Waals surface area contributed by atoms with Crippen LogP contribution in [0, 0.1) is 0 Å². The summed E-state index contributed by atoms with van der Waals surface area (Å²) in [4.78, 5) is 12.9. The second-order valence-electron chi connectivity index (χ2n) is 7.09. The summed E-state index contributed by atoms with van der Waals surface area (Å²) in [5.41, 5.74) is 0.267. The highest BCUT2D eigenvalue weighted by Gasteiger charge is 2.34. The van der Waals surface area contributed by atoms with Crippen LogP contribution in [-0.2, 0) is 14.8 Å². The zero-order valence-corrected chi connectivity index (χ0v) is 19.7. The molecule has 0 heterocycles. The Hall–Kier alpha value is -1.02. The SMILES string of the molecule is O=C(CN(C1CCCCC1)S(=O)(=O)c1ccc(Cl)cc1)Nc1cc(Cl)c(Cl)cc1Cl. The third-order valence-electron chi connectivity index (χ3n) is 4.99. The molecule has 1 amide bonds. The molecule has 0 atom stereocenters. The Morgan fingerprint density at radius 1 is 0.933 bits per heavy atom. The van der Waals surface area contributed by atoms with Crippen LogP contribution in [0.5, 0.6) is 0 Å². The Bertz CT molecular complexity index is 1020. The van der Waals surface area contributed by atoms with Crippen LogP contribution >= 0.6 is 46.4 Å². The van der Waals surface area contributed by atoms with Crippen LogP contribution < -0.4 is 5.32 Å². The van der Waals surface area contributed by atoms with E-state index in [2.05, 4.69) is 5.32 Å². The fraction of sp³-hybridized carbons (Fsp3) is 0.350. The predicted octanol–water partition coefficient (Wildman–Crippen LogP) is 6.26. The molecule has 1 aliphatic carbocycles. The van der Waals surface area contributed by atoms with Crippen molar-refractivity contribution in [3.63, 3.8) is 0 Å². The van der Waals surface area contributed by atoms with Crippen LogP contribution in [0.2, 0.25) is 20.1 Å². The molecule has 162 valence electrons. The third-order valence-corrected chi connectivity index (χ3v) is 8.19. The van der Waals surface area contributed by atoms with Crippen molar-refractivity contribution < 1.29 is 13.2 Å². The second kappa shape index (κ2) is 10.1. The summed E-state index contributed by atoms with van der Waals surface area (Å²) in [6.07, 6.45) is 4.28. The number of amides is 1. The molecule has 3 rings (SSSR count). The third kappa shape index (κ3) is 5.61. The molecule has 0 spiro atoms. The van der Waals surface area contributed by atoms with E-state index in [1.165, 1.54) is 40.7 Å². The summed E-state index contributed by atoms with van der Waals surface area (Å²) in [5, 5.41) is 3.77. The molecule has 0 unspecified atom stereocenters. The van der Waals surface area contributed by atoms with E-state index in [1.54, 1.807) is 0 Å². The summed E-state index contributed by atoms with van der Waals surface area (Å²) < 4.78 is 27.9. The lowest BCUT2D eigenvalue weighted by molar-refractivity contribution is -0.116. The molecule has 0 aromatic heterocycles. The van der Waals surface area contributed by atoms with E-state index in [0.29, 0.717) is 17.9 Å². The Kier molecular flexibility index (Phi) is 7.93. The van der Waals surface area contributed by atoms with Crippen LogP contribution in [0.1, 0.15) is 32.1 Å². The number of rotatable bonds is 6. The number of anilines is 1. The van der Waals surface area contributed by atoms with Crippen molar-refractivity contribution in [3.8, 4) is 0 Å². The number of benzene rings is 2. The van der Waals surface area contributed by atoms with Crippen LogP contribution in [-0.4, -0.2) is 31.2 Å². The van der Waals surface area contributed by atoms with Crippen LogP contribution in [0.3, 0.4) is 0 Å². The van der Waals surface area contributed by atoms with Gasteiger partial charge in [0.1, 0.15) is 0 Å². The van der Waals surface area contributed by atoms with Gasteiger partial charge in [0.2, 0.25) is 15.9 Å². The summed E-state index contributed by atoms with van der Waals surface area (Å²) in [5.74, 6) is -0.515. The number of carbonyl (C=O) groups is 1. The van der Waals surface area contributed by atoms with Crippen LogP contribution in [0.25, 0.3) is 0 Å². The van der Waals surface area contributed by atoms with Gasteiger partial charge < -0.3 is 5.32 Å². The number of halogens is 4. The lowest BCUT2D eigenvalue weighted by Crippen LogP contribution is -2.45. The predicted molar refractivity (Wildman–Crippen MR) is 122 cm³/mol. The van der Waals surface area contributed by atoms with Gasteiger partial charge in [-0.3, -0.25) is 4.79 Å². The van der Waals surface area contributed by atoms with Crippen molar-refractivity contribution in [3.05, 3.63) is 56.5 Å². The number of hydrogen-bond donors (Lipinski definition) is 1. The van der Waals surface area contributed by atoms with Gasteiger partial charge in [-0.2, -0.15) is 4.31 Å². The number of sulfonamides is 1. The normalized spacial score (nSPS) is 15.4. The zero-order valence-electron chi connectivity index (χ0n) is 15.9. The molecule has 0 radical (unpaired) electrons. The standard InChI is InChI=1S/C20H20Cl4N2O3S/c21-13-6-8-15(9-7-13)30(28,29)26(14-4-2-1-3-5-14)12-20(27)25-19-11-17(23)16(22)10-18(19)24/h6-11,14H,1-5,12H2,(H,25,27).